The summed E-state index contributed by atoms with van der Waals surface area (Å²) in [6.07, 6.45) is 7.85. The van der Waals surface area contributed by atoms with Crippen LogP contribution in [0.4, 0.5) is 9.59 Å². The van der Waals surface area contributed by atoms with Crippen molar-refractivity contribution in [2.45, 2.75) is 100 Å². The number of rotatable bonds is 23. The van der Waals surface area contributed by atoms with Crippen molar-refractivity contribution >= 4 is 55.3 Å². The Labute approximate surface area is 511 Å². The lowest BCUT2D eigenvalue weighted by atomic mass is 10.0. The lowest BCUT2D eigenvalue weighted by Crippen LogP contribution is -2.37. The number of hydrogen-bond acceptors (Lipinski definition) is 14. The van der Waals surface area contributed by atoms with Gasteiger partial charge in [0.25, 0.3) is 0 Å². The van der Waals surface area contributed by atoms with Gasteiger partial charge in [0, 0.05) is 85.7 Å². The Morgan fingerprint density at radius 2 is 1.02 bits per heavy atom. The summed E-state index contributed by atoms with van der Waals surface area (Å²) < 4.78 is 82.9. The zero-order valence-corrected chi connectivity index (χ0v) is 50.8. The number of nitriles is 2. The Morgan fingerprint density at radius 1 is 0.593 bits per heavy atom. The second-order valence-electron chi connectivity index (χ2n) is 22.0. The SMILES string of the molecule is Cc1cc(S(=O)(=O)N2CC[C@@H](COc3ccnc(CNC(=O)NCCCCNC(=O)NCc4cc(OC[C@@H]5CCN(S(=O)(=O)c6ccc(O[C@@H]7CCc8c(C#N)cc(Cl)cc87)c(C)c6)C5)ccn4)c3)C2)ccc1O[C@@H]1CCc2c(C#N)cc(Cl)cc21. The van der Waals surface area contributed by atoms with Gasteiger partial charge in [0.15, 0.2) is 0 Å². The van der Waals surface area contributed by atoms with Crippen LogP contribution in [-0.2, 0) is 46.0 Å². The molecule has 450 valence electrons. The molecule has 2 aliphatic heterocycles. The van der Waals surface area contributed by atoms with Crippen molar-refractivity contribution in [1.29, 1.82) is 10.5 Å². The summed E-state index contributed by atoms with van der Waals surface area (Å²) in [5, 5.41) is 31.3. The summed E-state index contributed by atoms with van der Waals surface area (Å²) in [5.74, 6) is 2.17. The summed E-state index contributed by atoms with van der Waals surface area (Å²) >= 11 is 12.6. The summed E-state index contributed by atoms with van der Waals surface area (Å²) in [4.78, 5) is 34.3. The highest BCUT2D eigenvalue weighted by Gasteiger charge is 2.36. The van der Waals surface area contributed by atoms with Gasteiger partial charge < -0.3 is 40.2 Å². The van der Waals surface area contributed by atoms with Crippen LogP contribution in [0.5, 0.6) is 23.0 Å². The molecule has 2 aromatic heterocycles. The quantitative estimate of drug-likeness (QED) is 0.0435. The van der Waals surface area contributed by atoms with Crippen LogP contribution in [0.25, 0.3) is 0 Å². The van der Waals surface area contributed by atoms with Crippen LogP contribution in [0.1, 0.15) is 107 Å². The van der Waals surface area contributed by atoms with Gasteiger partial charge in [0.2, 0.25) is 20.0 Å². The van der Waals surface area contributed by atoms with Crippen molar-refractivity contribution in [2.75, 3.05) is 52.5 Å². The molecule has 4 aliphatic rings. The maximum absolute atomic E-state index is 13.8. The minimum atomic E-state index is -3.78. The number of carbonyl (C=O) groups excluding carboxylic acids is 2. The van der Waals surface area contributed by atoms with E-state index < -0.39 is 20.0 Å². The first-order chi connectivity index (χ1) is 41.4. The Bertz CT molecular complexity index is 3600. The minimum Gasteiger partial charge on any atom is -0.493 e. The van der Waals surface area contributed by atoms with Crippen molar-refractivity contribution in [1.82, 2.24) is 39.8 Å². The number of nitrogens with zero attached hydrogens (tertiary/aromatic N) is 6. The molecule has 4 heterocycles. The largest absolute Gasteiger partial charge is 0.493 e. The zero-order valence-electron chi connectivity index (χ0n) is 47.6. The third kappa shape index (κ3) is 14.7. The molecule has 10 rings (SSSR count). The van der Waals surface area contributed by atoms with Gasteiger partial charge in [-0.15, -0.1) is 0 Å². The van der Waals surface area contributed by atoms with E-state index >= 15 is 0 Å². The van der Waals surface area contributed by atoms with Crippen LogP contribution in [0.15, 0.2) is 107 Å². The summed E-state index contributed by atoms with van der Waals surface area (Å²) in [6.45, 7) is 6.62. The third-order valence-electron chi connectivity index (χ3n) is 15.9. The molecule has 4 N–H and O–H groups in total. The number of urea groups is 2. The number of ether oxygens (including phenoxy) is 4. The normalized spacial score (nSPS) is 18.3. The molecule has 0 radical (unpaired) electrons. The van der Waals surface area contributed by atoms with Crippen molar-refractivity contribution < 1.29 is 45.4 Å². The Kier molecular flexibility index (Phi) is 19.5. The fourth-order valence-electron chi connectivity index (χ4n) is 11.3. The van der Waals surface area contributed by atoms with Crippen molar-refractivity contribution in [3.05, 3.63) is 163 Å². The second kappa shape index (κ2) is 27.3. The average molecular weight is 1250 g/mol. The molecular weight excluding hydrogens is 1180 g/mol. The number of nitrogens with one attached hydrogen (secondary N) is 4. The topological polar surface area (TPSA) is 267 Å². The molecule has 4 aromatic carbocycles. The molecule has 4 atom stereocenters. The maximum atomic E-state index is 13.8. The van der Waals surface area contributed by atoms with E-state index in [2.05, 4.69) is 43.4 Å². The van der Waals surface area contributed by atoms with E-state index in [0.29, 0.717) is 171 Å². The molecule has 6 aromatic rings. The highest BCUT2D eigenvalue weighted by atomic mass is 35.5. The monoisotopic (exact) mass is 1240 g/mol. The molecule has 2 aliphatic carbocycles. The lowest BCUT2D eigenvalue weighted by Gasteiger charge is -2.20. The standard InChI is InChI=1S/C62H66Cl2N10O10S2/c1-39-23-51(5-9-57(39)83-59-11-7-53-43(31-65)25-45(63)27-55(53)59)85(77,78)73-21-15-41(35-73)37-81-49-13-19-67-47(29-49)33-71-61(75)69-17-3-4-18-70-62(76)72-34-48-30-50(14-20-68-48)82-38-42-16-22-74(36-42)86(79,80)52-6-10-58(40(2)24-52)84-60-12-8-54-44(32-66)26-46(64)28-56(54)60/h5-6,9-10,13-14,19-20,23-30,41-42,59-60H,3-4,7-8,11-12,15-18,21-22,33-38H2,1-2H3,(H2,69,71,75)(H2,70,72,76)/t41-,42-,59-,60-/m1/s1. The number of unbranched alkanes of at least 4 members (excludes halogenated alkanes) is 1. The minimum absolute atomic E-state index is 0.0366. The first kappa shape index (κ1) is 61.4. The number of carbonyl (C=O) groups is 2. The predicted molar refractivity (Wildman–Crippen MR) is 321 cm³/mol. The van der Waals surface area contributed by atoms with Crippen LogP contribution in [0.3, 0.4) is 0 Å². The van der Waals surface area contributed by atoms with E-state index in [0.717, 1.165) is 22.3 Å². The number of hydrogen-bond donors (Lipinski definition) is 4. The first-order valence-corrected chi connectivity index (χ1v) is 32.3. The highest BCUT2D eigenvalue weighted by molar-refractivity contribution is 7.89. The fraction of sp³-hybridized carbons (Fsp3) is 0.387. The number of fused-ring (bicyclic) bond motifs is 2. The Morgan fingerprint density at radius 3 is 1.43 bits per heavy atom. The molecule has 24 heteroatoms. The van der Waals surface area contributed by atoms with Crippen LogP contribution in [-0.4, -0.2) is 100.0 Å². The maximum Gasteiger partial charge on any atom is 0.315 e. The van der Waals surface area contributed by atoms with Gasteiger partial charge in [0.1, 0.15) is 35.2 Å². The van der Waals surface area contributed by atoms with Gasteiger partial charge in [-0.25, -0.2) is 26.4 Å². The van der Waals surface area contributed by atoms with Gasteiger partial charge in [-0.2, -0.15) is 19.1 Å². The van der Waals surface area contributed by atoms with E-state index in [9.17, 15) is 36.9 Å². The molecule has 86 heavy (non-hydrogen) atoms. The molecule has 20 nitrogen and oxygen atoms in total. The summed E-state index contributed by atoms with van der Waals surface area (Å²) in [6, 6.07) is 27.4. The molecule has 0 saturated carbocycles. The molecule has 0 spiro atoms. The van der Waals surface area contributed by atoms with Gasteiger partial charge in [-0.1, -0.05) is 23.2 Å². The first-order valence-electron chi connectivity index (χ1n) is 28.6. The lowest BCUT2D eigenvalue weighted by molar-refractivity contribution is 0.206. The van der Waals surface area contributed by atoms with E-state index in [-0.39, 0.29) is 59.0 Å². The van der Waals surface area contributed by atoms with Crippen LogP contribution >= 0.6 is 23.2 Å². The van der Waals surface area contributed by atoms with Crippen LogP contribution < -0.4 is 40.2 Å². The van der Waals surface area contributed by atoms with Crippen molar-refractivity contribution in [2.24, 2.45) is 11.8 Å². The van der Waals surface area contributed by atoms with Crippen molar-refractivity contribution in [3.8, 4) is 35.1 Å². The average Bonchev–Trinajstić information content (AvgIpc) is 2.21. The van der Waals surface area contributed by atoms with E-state index in [4.69, 9.17) is 42.1 Å². The van der Waals surface area contributed by atoms with E-state index in [1.807, 2.05) is 26.0 Å². The van der Waals surface area contributed by atoms with Crippen LogP contribution in [0.2, 0.25) is 10.0 Å². The molecule has 2 fully saturated rings. The highest BCUT2D eigenvalue weighted by Crippen LogP contribution is 2.42. The zero-order chi connectivity index (χ0) is 60.5. The van der Waals surface area contributed by atoms with E-state index in [1.165, 1.54) is 8.61 Å². The number of aryl methyl sites for hydroxylation is 2. The molecule has 2 saturated heterocycles. The predicted octanol–water partition coefficient (Wildman–Crippen LogP) is 9.53. The Balaban J connectivity index is 0.575. The van der Waals surface area contributed by atoms with Gasteiger partial charge >= 0.3 is 12.1 Å². The number of pyridine rings is 2. The van der Waals surface area contributed by atoms with Gasteiger partial charge in [-0.3, -0.25) is 9.97 Å². The molecule has 4 amide bonds. The number of benzene rings is 4. The fourth-order valence-corrected chi connectivity index (χ4v) is 15.0. The van der Waals surface area contributed by atoms with Gasteiger partial charge in [0.05, 0.1) is 70.7 Å². The smallest absolute Gasteiger partial charge is 0.315 e. The second-order valence-corrected chi connectivity index (χ2v) is 26.7. The van der Waals surface area contributed by atoms with Crippen molar-refractivity contribution in [3.63, 3.8) is 0 Å². The van der Waals surface area contributed by atoms with Crippen LogP contribution in [0, 0.1) is 48.3 Å². The Hall–Kier alpha value is -7.70. The van der Waals surface area contributed by atoms with E-state index in [1.54, 1.807) is 85.2 Å². The molecular formula is C62H66Cl2N10O10S2. The molecule has 0 bridgehead atoms. The summed E-state index contributed by atoms with van der Waals surface area (Å²) in [5.41, 5.74) is 7.26. The summed E-state index contributed by atoms with van der Waals surface area (Å²) in [7, 11) is -7.56. The number of amides is 4. The number of sulfonamides is 2. The number of halogens is 2. The number of aromatic nitrogens is 2. The van der Waals surface area contributed by atoms with Gasteiger partial charge in [-0.05, 0) is 171 Å². The molecule has 0 unspecified atom stereocenters. The third-order valence-corrected chi connectivity index (χ3v) is 20.1.